The molecule has 1 heterocycles. The van der Waals surface area contributed by atoms with E-state index in [2.05, 4.69) is 48.9 Å². The molecule has 0 amide bonds. The summed E-state index contributed by atoms with van der Waals surface area (Å²) in [6, 6.07) is 6.35. The van der Waals surface area contributed by atoms with Crippen molar-refractivity contribution in [1.29, 1.82) is 0 Å². The molecular formula is C14H21N3. The lowest BCUT2D eigenvalue weighted by Gasteiger charge is -2.15. The number of nitrogens with two attached hydrogens (primary N) is 1. The lowest BCUT2D eigenvalue weighted by atomic mass is 10.00. The fourth-order valence-corrected chi connectivity index (χ4v) is 1.98. The van der Waals surface area contributed by atoms with Gasteiger partial charge in [-0.05, 0) is 30.0 Å². The number of aromatic amines is 1. The van der Waals surface area contributed by atoms with E-state index in [1.807, 2.05) is 0 Å². The minimum Gasteiger partial charge on any atom is -0.341 e. The van der Waals surface area contributed by atoms with Crippen molar-refractivity contribution in [3.8, 4) is 0 Å². The fourth-order valence-electron chi connectivity index (χ4n) is 1.98. The van der Waals surface area contributed by atoms with Gasteiger partial charge in [-0.25, -0.2) is 4.98 Å². The number of H-pyrrole nitrogens is 1. The molecule has 0 aliphatic carbocycles. The third-order valence-corrected chi connectivity index (χ3v) is 3.55. The fraction of sp³-hybridized carbons (Fsp3) is 0.500. The Morgan fingerprint density at radius 1 is 1.35 bits per heavy atom. The maximum atomic E-state index is 6.19. The molecule has 0 aliphatic rings. The molecule has 0 bridgehead atoms. The second kappa shape index (κ2) is 4.88. The third-order valence-electron chi connectivity index (χ3n) is 3.55. The zero-order valence-corrected chi connectivity index (χ0v) is 10.8. The number of hydrogen-bond donors (Lipinski definition) is 2. The summed E-state index contributed by atoms with van der Waals surface area (Å²) in [5.74, 6) is 1.35. The summed E-state index contributed by atoms with van der Waals surface area (Å²) in [5, 5.41) is 0. The largest absolute Gasteiger partial charge is 0.341 e. The van der Waals surface area contributed by atoms with Crippen molar-refractivity contribution in [1.82, 2.24) is 9.97 Å². The molecule has 1 aromatic heterocycles. The molecule has 3 heteroatoms. The first-order chi connectivity index (χ1) is 8.15. The average molecular weight is 231 g/mol. The maximum absolute atomic E-state index is 6.19. The first-order valence-corrected chi connectivity index (χ1v) is 6.39. The van der Waals surface area contributed by atoms with Gasteiger partial charge in [0.1, 0.15) is 5.82 Å². The average Bonchev–Trinajstić information content (AvgIpc) is 2.79. The highest BCUT2D eigenvalue weighted by Crippen LogP contribution is 2.22. The van der Waals surface area contributed by atoms with Crippen LogP contribution in [0.15, 0.2) is 18.2 Å². The Kier molecular flexibility index (Phi) is 3.48. The lowest BCUT2D eigenvalue weighted by molar-refractivity contribution is 0.442. The van der Waals surface area contributed by atoms with E-state index in [0.29, 0.717) is 5.92 Å². The second-order valence-corrected chi connectivity index (χ2v) is 4.74. The smallest absolute Gasteiger partial charge is 0.124 e. The van der Waals surface area contributed by atoms with Crippen LogP contribution in [0.2, 0.25) is 0 Å². The summed E-state index contributed by atoms with van der Waals surface area (Å²) in [6.07, 6.45) is 2.11. The molecule has 2 rings (SSSR count). The molecule has 0 spiro atoms. The van der Waals surface area contributed by atoms with Gasteiger partial charge in [-0.2, -0.15) is 0 Å². The van der Waals surface area contributed by atoms with Crippen molar-refractivity contribution in [2.24, 2.45) is 11.7 Å². The van der Waals surface area contributed by atoms with E-state index in [9.17, 15) is 0 Å². The SMILES string of the molecule is CCc1ccc2nc(C(N)C(C)CC)[nH]c2c1. The number of nitrogens with one attached hydrogen (secondary N) is 1. The van der Waals surface area contributed by atoms with Crippen LogP contribution in [-0.2, 0) is 6.42 Å². The minimum absolute atomic E-state index is 0.00234. The summed E-state index contributed by atoms with van der Waals surface area (Å²) in [7, 11) is 0. The maximum Gasteiger partial charge on any atom is 0.124 e. The van der Waals surface area contributed by atoms with Gasteiger partial charge in [0, 0.05) is 0 Å². The van der Waals surface area contributed by atoms with E-state index in [4.69, 9.17) is 5.73 Å². The van der Waals surface area contributed by atoms with Crippen molar-refractivity contribution < 1.29 is 0 Å². The van der Waals surface area contributed by atoms with Crippen molar-refractivity contribution in [2.45, 2.75) is 39.7 Å². The quantitative estimate of drug-likeness (QED) is 0.849. The first kappa shape index (κ1) is 12.1. The predicted octanol–water partition coefficient (Wildman–Crippen LogP) is 3.17. The summed E-state index contributed by atoms with van der Waals surface area (Å²) in [4.78, 5) is 7.93. The molecule has 0 saturated heterocycles. The van der Waals surface area contributed by atoms with Crippen molar-refractivity contribution >= 4 is 11.0 Å². The molecule has 2 unspecified atom stereocenters. The van der Waals surface area contributed by atoms with Crippen molar-refractivity contribution in [2.75, 3.05) is 0 Å². The monoisotopic (exact) mass is 231 g/mol. The van der Waals surface area contributed by atoms with Crippen LogP contribution in [0.25, 0.3) is 11.0 Å². The summed E-state index contributed by atoms with van der Waals surface area (Å²) >= 11 is 0. The van der Waals surface area contributed by atoms with Crippen molar-refractivity contribution in [3.63, 3.8) is 0 Å². The molecule has 3 nitrogen and oxygen atoms in total. The molecule has 2 aromatic rings. The topological polar surface area (TPSA) is 54.7 Å². The van der Waals surface area contributed by atoms with Gasteiger partial charge in [0.25, 0.3) is 0 Å². The Labute approximate surface area is 102 Å². The second-order valence-electron chi connectivity index (χ2n) is 4.74. The number of hydrogen-bond acceptors (Lipinski definition) is 2. The molecule has 0 fully saturated rings. The Bertz CT molecular complexity index is 501. The number of aryl methyl sites for hydroxylation is 1. The number of nitrogens with zero attached hydrogens (tertiary/aromatic N) is 1. The van der Waals surface area contributed by atoms with Gasteiger partial charge in [0.15, 0.2) is 0 Å². The molecule has 0 radical (unpaired) electrons. The van der Waals surface area contributed by atoms with Gasteiger partial charge in [-0.15, -0.1) is 0 Å². The van der Waals surface area contributed by atoms with Crippen LogP contribution < -0.4 is 5.73 Å². The van der Waals surface area contributed by atoms with Crippen LogP contribution in [0, 0.1) is 5.92 Å². The number of benzene rings is 1. The van der Waals surface area contributed by atoms with Gasteiger partial charge < -0.3 is 10.7 Å². The van der Waals surface area contributed by atoms with Crippen molar-refractivity contribution in [3.05, 3.63) is 29.6 Å². The number of imidazole rings is 1. The lowest BCUT2D eigenvalue weighted by Crippen LogP contribution is -2.19. The standard InChI is InChI=1S/C14H21N3/c1-4-9(3)13(15)14-16-11-7-6-10(5-2)8-12(11)17-14/h6-9,13H,4-5,15H2,1-3H3,(H,16,17). The third kappa shape index (κ3) is 2.34. The first-order valence-electron chi connectivity index (χ1n) is 6.39. The zero-order valence-electron chi connectivity index (χ0n) is 10.8. The van der Waals surface area contributed by atoms with Crippen LogP contribution in [-0.4, -0.2) is 9.97 Å². The highest BCUT2D eigenvalue weighted by Gasteiger charge is 2.16. The summed E-state index contributed by atoms with van der Waals surface area (Å²) in [5.41, 5.74) is 9.62. The van der Waals surface area contributed by atoms with Crippen LogP contribution in [0.4, 0.5) is 0 Å². The van der Waals surface area contributed by atoms with Gasteiger partial charge in [0.05, 0.1) is 17.1 Å². The zero-order chi connectivity index (χ0) is 12.4. The molecule has 17 heavy (non-hydrogen) atoms. The van der Waals surface area contributed by atoms with E-state index in [1.165, 1.54) is 5.56 Å². The summed E-state index contributed by atoms with van der Waals surface area (Å²) in [6.45, 7) is 6.47. The normalized spacial score (nSPS) is 15.1. The molecule has 0 aliphatic heterocycles. The number of fused-ring (bicyclic) bond motifs is 1. The Balaban J connectivity index is 2.37. The number of aromatic nitrogens is 2. The molecule has 1 aromatic carbocycles. The van der Waals surface area contributed by atoms with Crippen LogP contribution in [0.3, 0.4) is 0 Å². The van der Waals surface area contributed by atoms with Crippen LogP contribution in [0.1, 0.15) is 44.6 Å². The van der Waals surface area contributed by atoms with Gasteiger partial charge in [-0.3, -0.25) is 0 Å². The van der Waals surface area contributed by atoms with E-state index in [-0.39, 0.29) is 6.04 Å². The predicted molar refractivity (Wildman–Crippen MR) is 71.9 cm³/mol. The highest BCUT2D eigenvalue weighted by atomic mass is 15.0. The molecule has 0 saturated carbocycles. The molecular weight excluding hydrogens is 210 g/mol. The van der Waals surface area contributed by atoms with Crippen LogP contribution >= 0.6 is 0 Å². The van der Waals surface area contributed by atoms with E-state index >= 15 is 0 Å². The van der Waals surface area contributed by atoms with Gasteiger partial charge in [0.2, 0.25) is 0 Å². The Morgan fingerprint density at radius 3 is 2.76 bits per heavy atom. The van der Waals surface area contributed by atoms with E-state index in [1.54, 1.807) is 0 Å². The summed E-state index contributed by atoms with van der Waals surface area (Å²) < 4.78 is 0. The Morgan fingerprint density at radius 2 is 2.12 bits per heavy atom. The van der Waals surface area contributed by atoms with Gasteiger partial charge in [-0.1, -0.05) is 33.3 Å². The molecule has 92 valence electrons. The van der Waals surface area contributed by atoms with Gasteiger partial charge >= 0.3 is 0 Å². The minimum atomic E-state index is -0.00234. The van der Waals surface area contributed by atoms with Crippen LogP contribution in [0.5, 0.6) is 0 Å². The van der Waals surface area contributed by atoms with E-state index < -0.39 is 0 Å². The Hall–Kier alpha value is -1.35. The highest BCUT2D eigenvalue weighted by molar-refractivity contribution is 5.76. The molecule has 3 N–H and O–H groups in total. The van der Waals surface area contributed by atoms with E-state index in [0.717, 1.165) is 29.7 Å². The number of rotatable bonds is 4. The molecule has 2 atom stereocenters.